The molecule has 3 aliphatic rings. The number of ketones is 2. The van der Waals surface area contributed by atoms with Crippen molar-refractivity contribution in [3.8, 4) is 5.75 Å². The molecule has 2 saturated carbocycles. The number of carbonyl (C=O) groups is 2. The highest BCUT2D eigenvalue weighted by Crippen LogP contribution is 2.61. The van der Waals surface area contributed by atoms with Gasteiger partial charge in [0.1, 0.15) is 11.5 Å². The average Bonchev–Trinajstić information content (AvgIpc) is 2.96. The van der Waals surface area contributed by atoms with Crippen LogP contribution in [0.2, 0.25) is 18.1 Å². The van der Waals surface area contributed by atoms with Gasteiger partial charge in [0.15, 0.2) is 0 Å². The van der Waals surface area contributed by atoms with E-state index in [2.05, 4.69) is 46.0 Å². The molecule has 182 valence electrons. The normalized spacial score (nSPS) is 32.1. The van der Waals surface area contributed by atoms with Crippen LogP contribution in [0.4, 0.5) is 13.2 Å². The zero-order valence-corrected chi connectivity index (χ0v) is 21.4. The number of alkyl halides is 3. The van der Waals surface area contributed by atoms with Gasteiger partial charge in [0.05, 0.1) is 5.92 Å². The van der Waals surface area contributed by atoms with Gasteiger partial charge in [-0.15, -0.1) is 0 Å². The Hall–Kier alpha value is -1.63. The van der Waals surface area contributed by atoms with Crippen LogP contribution in [0.15, 0.2) is 18.2 Å². The minimum Gasteiger partial charge on any atom is -0.543 e. The Morgan fingerprint density at radius 1 is 1.15 bits per heavy atom. The van der Waals surface area contributed by atoms with E-state index in [1.54, 1.807) is 6.92 Å². The lowest BCUT2D eigenvalue weighted by molar-refractivity contribution is -0.176. The minimum absolute atomic E-state index is 0.0384. The Morgan fingerprint density at radius 3 is 2.42 bits per heavy atom. The molecule has 2 fully saturated rings. The predicted molar refractivity (Wildman–Crippen MR) is 124 cm³/mol. The molecule has 0 N–H and O–H groups in total. The Labute approximate surface area is 195 Å². The summed E-state index contributed by atoms with van der Waals surface area (Å²) in [6, 6.07) is 6.31. The molecule has 0 saturated heterocycles. The van der Waals surface area contributed by atoms with Crippen molar-refractivity contribution in [1.29, 1.82) is 0 Å². The maximum atomic E-state index is 13.1. The van der Waals surface area contributed by atoms with E-state index >= 15 is 0 Å². The highest BCUT2D eigenvalue weighted by Gasteiger charge is 2.62. The second kappa shape index (κ2) is 7.69. The molecule has 0 aliphatic heterocycles. The Kier molecular flexibility index (Phi) is 5.71. The molecule has 0 aromatic heterocycles. The molecular weight excluding hydrogens is 445 g/mol. The monoisotopic (exact) mass is 480 g/mol. The number of benzene rings is 1. The quantitative estimate of drug-likeness (QED) is 0.351. The van der Waals surface area contributed by atoms with E-state index in [-0.39, 0.29) is 29.2 Å². The highest BCUT2D eigenvalue weighted by molar-refractivity contribution is 6.74. The summed E-state index contributed by atoms with van der Waals surface area (Å²) in [4.78, 5) is 25.0. The smallest absolute Gasteiger partial charge is 0.450 e. The van der Waals surface area contributed by atoms with Gasteiger partial charge in [-0.05, 0) is 91.2 Å². The summed E-state index contributed by atoms with van der Waals surface area (Å²) in [6.45, 7) is 12.9. The van der Waals surface area contributed by atoms with Gasteiger partial charge in [0.2, 0.25) is 14.1 Å². The molecule has 4 rings (SSSR count). The predicted octanol–water partition coefficient (Wildman–Crippen LogP) is 6.85. The first-order valence-electron chi connectivity index (χ1n) is 12.0. The van der Waals surface area contributed by atoms with Gasteiger partial charge in [-0.2, -0.15) is 13.2 Å². The molecule has 3 nitrogen and oxygen atoms in total. The van der Waals surface area contributed by atoms with Crippen LogP contribution in [0.25, 0.3) is 0 Å². The second-order valence-electron chi connectivity index (χ2n) is 12.1. The van der Waals surface area contributed by atoms with Gasteiger partial charge in [-0.3, -0.25) is 9.59 Å². The summed E-state index contributed by atoms with van der Waals surface area (Å²) < 4.78 is 45.9. The number of aryl methyl sites for hydroxylation is 1. The van der Waals surface area contributed by atoms with Crippen LogP contribution in [0.1, 0.15) is 70.4 Å². The number of Topliss-reactive ketones (excluding diaryl/α,β-unsaturated/α-hetero) is 2. The summed E-state index contributed by atoms with van der Waals surface area (Å²) in [5.41, 5.74) is 1.67. The van der Waals surface area contributed by atoms with Gasteiger partial charge < -0.3 is 4.43 Å². The van der Waals surface area contributed by atoms with E-state index in [0.717, 1.165) is 25.0 Å². The lowest BCUT2D eigenvalue weighted by Gasteiger charge is -2.48. The number of fused-ring (bicyclic) bond motifs is 5. The van der Waals surface area contributed by atoms with Crippen molar-refractivity contribution >= 4 is 19.9 Å². The maximum absolute atomic E-state index is 13.1. The van der Waals surface area contributed by atoms with Crippen molar-refractivity contribution in [2.75, 3.05) is 0 Å². The van der Waals surface area contributed by atoms with E-state index in [1.165, 1.54) is 11.1 Å². The minimum atomic E-state index is -4.96. The molecule has 3 aliphatic carbocycles. The third-order valence-electron chi connectivity index (χ3n) is 9.23. The fourth-order valence-corrected chi connectivity index (χ4v) is 7.34. The van der Waals surface area contributed by atoms with E-state index < -0.39 is 37.4 Å². The first kappa shape index (κ1) is 24.5. The summed E-state index contributed by atoms with van der Waals surface area (Å²) in [6.07, 6.45) is -1.95. The van der Waals surface area contributed by atoms with Crippen LogP contribution in [-0.4, -0.2) is 26.1 Å². The molecule has 33 heavy (non-hydrogen) atoms. The third-order valence-corrected chi connectivity index (χ3v) is 13.6. The topological polar surface area (TPSA) is 43.4 Å². The summed E-state index contributed by atoms with van der Waals surface area (Å²) in [7, 11) is -1.96. The summed E-state index contributed by atoms with van der Waals surface area (Å²) >= 11 is 0. The molecular formula is C26H35F3O3Si. The number of halogens is 3. The number of hydrogen-bond donors (Lipinski definition) is 0. The highest BCUT2D eigenvalue weighted by atomic mass is 28.4. The SMILES string of the molecule is CC(C)(C)[Si](C)(C)Oc1ccc2c(c1)CCC1C2CC[C@]2(C)C(=O)C(C(=O)C(F)(F)F)CC12. The van der Waals surface area contributed by atoms with Crippen LogP contribution in [0.5, 0.6) is 5.75 Å². The van der Waals surface area contributed by atoms with Gasteiger partial charge in [0, 0.05) is 5.41 Å². The second-order valence-corrected chi connectivity index (χ2v) is 16.8. The fourth-order valence-electron chi connectivity index (χ4n) is 6.31. The van der Waals surface area contributed by atoms with Crippen molar-refractivity contribution in [1.82, 2.24) is 0 Å². The molecule has 0 radical (unpaired) electrons. The van der Waals surface area contributed by atoms with E-state index in [0.29, 0.717) is 6.42 Å². The lowest BCUT2D eigenvalue weighted by atomic mass is 9.55. The Morgan fingerprint density at radius 2 is 1.82 bits per heavy atom. The zero-order chi connectivity index (χ0) is 24.6. The van der Waals surface area contributed by atoms with Crippen molar-refractivity contribution in [2.45, 2.75) is 90.0 Å². The summed E-state index contributed by atoms with van der Waals surface area (Å²) in [5.74, 6) is -2.79. The molecule has 5 atom stereocenters. The summed E-state index contributed by atoms with van der Waals surface area (Å²) in [5, 5.41) is 0.0984. The van der Waals surface area contributed by atoms with Crippen molar-refractivity contribution in [2.24, 2.45) is 23.2 Å². The first-order chi connectivity index (χ1) is 15.1. The van der Waals surface area contributed by atoms with Gasteiger partial charge in [0.25, 0.3) is 0 Å². The maximum Gasteiger partial charge on any atom is 0.450 e. The van der Waals surface area contributed by atoms with E-state index in [9.17, 15) is 22.8 Å². The van der Waals surface area contributed by atoms with E-state index in [4.69, 9.17) is 4.43 Å². The third kappa shape index (κ3) is 3.98. The van der Waals surface area contributed by atoms with E-state index in [1.807, 2.05) is 6.07 Å². The molecule has 4 unspecified atom stereocenters. The Balaban J connectivity index is 1.59. The van der Waals surface area contributed by atoms with Gasteiger partial charge in [-0.1, -0.05) is 33.8 Å². The zero-order valence-electron chi connectivity index (χ0n) is 20.4. The first-order valence-corrected chi connectivity index (χ1v) is 14.9. The molecule has 1 aromatic carbocycles. The molecule has 7 heteroatoms. The fraction of sp³-hybridized carbons (Fsp3) is 0.692. The van der Waals surface area contributed by atoms with Crippen LogP contribution in [0, 0.1) is 23.2 Å². The number of hydrogen-bond acceptors (Lipinski definition) is 3. The van der Waals surface area contributed by atoms with Crippen LogP contribution in [-0.2, 0) is 16.0 Å². The molecule has 0 heterocycles. The molecule has 0 spiro atoms. The van der Waals surface area contributed by atoms with Crippen LogP contribution in [0.3, 0.4) is 0 Å². The van der Waals surface area contributed by atoms with Crippen LogP contribution >= 0.6 is 0 Å². The molecule has 0 amide bonds. The van der Waals surface area contributed by atoms with Crippen molar-refractivity contribution in [3.05, 3.63) is 29.3 Å². The lowest BCUT2D eigenvalue weighted by Crippen LogP contribution is -2.44. The van der Waals surface area contributed by atoms with Crippen molar-refractivity contribution in [3.63, 3.8) is 0 Å². The standard InChI is InChI=1S/C26H35F3O3Si/c1-24(2,3)33(5,6)32-16-8-10-17-15(13-16)7-9-19-18(17)11-12-25(4)21(19)14-20(22(25)30)23(31)26(27,28)29/h8,10,13,18-21H,7,9,11-12,14H2,1-6H3/t18?,19?,20?,21?,25-/m0/s1. The van der Waals surface area contributed by atoms with Gasteiger partial charge in [-0.25, -0.2) is 0 Å². The molecule has 1 aromatic rings. The number of rotatable bonds is 3. The average molecular weight is 481 g/mol. The largest absolute Gasteiger partial charge is 0.543 e. The van der Waals surface area contributed by atoms with Gasteiger partial charge >= 0.3 is 6.18 Å². The molecule has 0 bridgehead atoms. The Bertz CT molecular complexity index is 978. The van der Waals surface area contributed by atoms with Crippen LogP contribution < -0.4 is 4.43 Å². The number of carbonyl (C=O) groups excluding carboxylic acids is 2. The van der Waals surface area contributed by atoms with Crippen molar-refractivity contribution < 1.29 is 27.2 Å².